The number of nitrogens with zero attached hydrogens (tertiary/aromatic N) is 2. The lowest BCUT2D eigenvalue weighted by Crippen LogP contribution is -2.13. The van der Waals surface area contributed by atoms with E-state index in [-0.39, 0.29) is 13.2 Å². The number of esters is 2. The van der Waals surface area contributed by atoms with Gasteiger partial charge in [0.15, 0.2) is 0 Å². The van der Waals surface area contributed by atoms with Gasteiger partial charge in [0.1, 0.15) is 11.1 Å². The molecule has 0 fully saturated rings. The van der Waals surface area contributed by atoms with Gasteiger partial charge in [-0.15, -0.1) is 0 Å². The normalized spacial score (nSPS) is 9.91. The number of nitro groups is 2. The van der Waals surface area contributed by atoms with E-state index in [1.54, 1.807) is 0 Å². The van der Waals surface area contributed by atoms with Crippen LogP contribution in [0.25, 0.3) is 0 Å². The Morgan fingerprint density at radius 1 is 0.909 bits per heavy atom. The van der Waals surface area contributed by atoms with Crippen molar-refractivity contribution in [1.29, 1.82) is 0 Å². The van der Waals surface area contributed by atoms with Crippen molar-refractivity contribution in [2.75, 3.05) is 13.2 Å². The number of carbonyl (C=O) groups is 2. The zero-order valence-corrected chi connectivity index (χ0v) is 11.7. The van der Waals surface area contributed by atoms with Crippen LogP contribution in [0.15, 0.2) is 12.1 Å². The van der Waals surface area contributed by atoms with E-state index >= 15 is 0 Å². The molecule has 0 radical (unpaired) electrons. The topological polar surface area (TPSA) is 139 Å². The molecule has 1 aromatic rings. The largest absolute Gasteiger partial charge is 0.462 e. The smallest absolute Gasteiger partial charge is 0.345 e. The summed E-state index contributed by atoms with van der Waals surface area (Å²) in [6.07, 6.45) is 0. The molecule has 10 heteroatoms. The van der Waals surface area contributed by atoms with Crippen LogP contribution in [0, 0.1) is 20.2 Å². The van der Waals surface area contributed by atoms with Crippen molar-refractivity contribution in [3.05, 3.63) is 43.5 Å². The Hall–Kier alpha value is -3.04. The van der Waals surface area contributed by atoms with Gasteiger partial charge in [0.2, 0.25) is 0 Å². The number of carbonyl (C=O) groups excluding carboxylic acids is 2. The van der Waals surface area contributed by atoms with Crippen LogP contribution in [0.2, 0.25) is 0 Å². The first-order valence-corrected chi connectivity index (χ1v) is 6.14. The molecule has 0 amide bonds. The molecule has 0 aliphatic rings. The van der Waals surface area contributed by atoms with E-state index in [1.165, 1.54) is 13.8 Å². The van der Waals surface area contributed by atoms with E-state index in [9.17, 15) is 29.8 Å². The minimum Gasteiger partial charge on any atom is -0.462 e. The van der Waals surface area contributed by atoms with Crippen LogP contribution in [0.1, 0.15) is 34.6 Å². The second kappa shape index (κ2) is 7.11. The molecule has 0 aliphatic carbocycles. The van der Waals surface area contributed by atoms with Crippen molar-refractivity contribution in [2.24, 2.45) is 0 Å². The molecule has 0 spiro atoms. The van der Waals surface area contributed by atoms with E-state index in [1.807, 2.05) is 0 Å². The maximum absolute atomic E-state index is 11.7. The molecule has 0 aromatic heterocycles. The molecule has 1 rings (SSSR count). The number of hydrogen-bond donors (Lipinski definition) is 0. The first-order valence-electron chi connectivity index (χ1n) is 6.14. The second-order valence-corrected chi connectivity index (χ2v) is 3.84. The average molecular weight is 312 g/mol. The Bertz CT molecular complexity index is 589. The molecule has 118 valence electrons. The Balaban J connectivity index is 3.58. The van der Waals surface area contributed by atoms with Gasteiger partial charge in [-0.05, 0) is 19.9 Å². The summed E-state index contributed by atoms with van der Waals surface area (Å²) in [4.78, 5) is 43.5. The van der Waals surface area contributed by atoms with Crippen LogP contribution in [-0.4, -0.2) is 35.0 Å². The van der Waals surface area contributed by atoms with Crippen LogP contribution in [0.5, 0.6) is 0 Å². The van der Waals surface area contributed by atoms with Crippen molar-refractivity contribution in [3.63, 3.8) is 0 Å². The Morgan fingerprint density at radius 2 is 1.27 bits per heavy atom. The summed E-state index contributed by atoms with van der Waals surface area (Å²) in [5.74, 6) is -2.12. The number of nitro benzene ring substituents is 2. The fourth-order valence-electron chi connectivity index (χ4n) is 1.62. The van der Waals surface area contributed by atoms with Gasteiger partial charge >= 0.3 is 11.9 Å². The van der Waals surface area contributed by atoms with E-state index in [2.05, 4.69) is 9.47 Å². The third-order valence-corrected chi connectivity index (χ3v) is 2.50. The minimum absolute atomic E-state index is 0.0539. The highest BCUT2D eigenvalue weighted by molar-refractivity contribution is 6.01. The van der Waals surface area contributed by atoms with Crippen molar-refractivity contribution >= 4 is 23.3 Å². The molecule has 0 N–H and O–H groups in total. The minimum atomic E-state index is -1.06. The van der Waals surface area contributed by atoms with Crippen LogP contribution in [0.4, 0.5) is 11.4 Å². The Labute approximate surface area is 123 Å². The van der Waals surface area contributed by atoms with Gasteiger partial charge in [0.25, 0.3) is 11.4 Å². The van der Waals surface area contributed by atoms with Crippen LogP contribution >= 0.6 is 0 Å². The Morgan fingerprint density at radius 3 is 1.55 bits per heavy atom. The third kappa shape index (κ3) is 3.53. The van der Waals surface area contributed by atoms with Crippen LogP contribution in [0.3, 0.4) is 0 Å². The number of benzene rings is 1. The van der Waals surface area contributed by atoms with Crippen molar-refractivity contribution in [3.8, 4) is 0 Å². The van der Waals surface area contributed by atoms with E-state index in [4.69, 9.17) is 0 Å². The summed E-state index contributed by atoms with van der Waals surface area (Å²) < 4.78 is 9.30. The summed E-state index contributed by atoms with van der Waals surface area (Å²) in [6.45, 7) is 2.87. The lowest BCUT2D eigenvalue weighted by Gasteiger charge is -2.07. The van der Waals surface area contributed by atoms with Gasteiger partial charge < -0.3 is 9.47 Å². The molecule has 22 heavy (non-hydrogen) atoms. The predicted octanol–water partition coefficient (Wildman–Crippen LogP) is 1.86. The molecule has 10 nitrogen and oxygen atoms in total. The summed E-state index contributed by atoms with van der Waals surface area (Å²) in [6, 6.07) is 1.28. The van der Waals surface area contributed by atoms with E-state index in [0.717, 1.165) is 6.07 Å². The second-order valence-electron chi connectivity index (χ2n) is 3.84. The quantitative estimate of drug-likeness (QED) is 0.440. The summed E-state index contributed by atoms with van der Waals surface area (Å²) in [5, 5.41) is 21.9. The SMILES string of the molecule is CCOC(=O)c1cc(C(=O)OCC)c([N+](=O)[O-])cc1[N+](=O)[O-]. The summed E-state index contributed by atoms with van der Waals surface area (Å²) >= 11 is 0. The van der Waals surface area contributed by atoms with Crippen LogP contribution in [-0.2, 0) is 9.47 Å². The van der Waals surface area contributed by atoms with Gasteiger partial charge in [0.05, 0.1) is 29.1 Å². The first-order chi connectivity index (χ1) is 10.3. The number of hydrogen-bond acceptors (Lipinski definition) is 8. The zero-order valence-electron chi connectivity index (χ0n) is 11.7. The standard InChI is InChI=1S/C12H12N2O8/c1-3-21-11(15)7-5-8(12(16)22-4-2)10(14(19)20)6-9(7)13(17)18/h5-6H,3-4H2,1-2H3. The molecule has 0 heterocycles. The molecule has 0 saturated heterocycles. The lowest BCUT2D eigenvalue weighted by atomic mass is 10.1. The Kier molecular flexibility index (Phi) is 5.50. The molecular formula is C12H12N2O8. The summed E-state index contributed by atoms with van der Waals surface area (Å²) in [7, 11) is 0. The van der Waals surface area contributed by atoms with Crippen LogP contribution < -0.4 is 0 Å². The summed E-state index contributed by atoms with van der Waals surface area (Å²) in [5.41, 5.74) is -2.75. The van der Waals surface area contributed by atoms with Gasteiger partial charge in [-0.3, -0.25) is 20.2 Å². The molecule has 0 saturated carbocycles. The average Bonchev–Trinajstić information content (AvgIpc) is 2.46. The van der Waals surface area contributed by atoms with Gasteiger partial charge in [-0.25, -0.2) is 9.59 Å². The van der Waals surface area contributed by atoms with Gasteiger partial charge in [0, 0.05) is 0 Å². The highest BCUT2D eigenvalue weighted by Crippen LogP contribution is 2.30. The molecule has 0 bridgehead atoms. The van der Waals surface area contributed by atoms with Gasteiger partial charge in [-0.2, -0.15) is 0 Å². The molecule has 0 atom stereocenters. The third-order valence-electron chi connectivity index (χ3n) is 2.50. The van der Waals surface area contributed by atoms with E-state index < -0.39 is 44.3 Å². The fourth-order valence-corrected chi connectivity index (χ4v) is 1.62. The fraction of sp³-hybridized carbons (Fsp3) is 0.333. The lowest BCUT2D eigenvalue weighted by molar-refractivity contribution is -0.394. The molecule has 0 aliphatic heterocycles. The predicted molar refractivity (Wildman–Crippen MR) is 71.7 cm³/mol. The molecule has 0 unspecified atom stereocenters. The van der Waals surface area contributed by atoms with Crippen molar-refractivity contribution < 1.29 is 28.9 Å². The first kappa shape index (κ1) is 17.0. The highest BCUT2D eigenvalue weighted by atomic mass is 16.6. The van der Waals surface area contributed by atoms with Gasteiger partial charge in [-0.1, -0.05) is 0 Å². The number of rotatable bonds is 6. The number of ether oxygens (including phenoxy) is 2. The van der Waals surface area contributed by atoms with Crippen molar-refractivity contribution in [2.45, 2.75) is 13.8 Å². The highest BCUT2D eigenvalue weighted by Gasteiger charge is 2.32. The van der Waals surface area contributed by atoms with E-state index in [0.29, 0.717) is 6.07 Å². The van der Waals surface area contributed by atoms with Crippen molar-refractivity contribution in [1.82, 2.24) is 0 Å². The monoisotopic (exact) mass is 312 g/mol. The maximum atomic E-state index is 11.7. The molecule has 1 aromatic carbocycles. The maximum Gasteiger partial charge on any atom is 0.345 e. The zero-order chi connectivity index (χ0) is 16.9. The molecular weight excluding hydrogens is 300 g/mol.